The van der Waals surface area contributed by atoms with Gasteiger partial charge in [-0.15, -0.1) is 0 Å². The Morgan fingerprint density at radius 1 is 1.86 bits per heavy atom. The molecule has 0 spiro atoms. The number of rotatable bonds is 2. The van der Waals surface area contributed by atoms with E-state index in [-0.39, 0.29) is 0 Å². The molecule has 2 heteroatoms. The molecule has 0 aliphatic rings. The van der Waals surface area contributed by atoms with Crippen molar-refractivity contribution in [1.29, 1.82) is 0 Å². The molecule has 0 aromatic carbocycles. The third-order valence-corrected chi connectivity index (χ3v) is 3.07. The fraction of sp³-hybridized carbons (Fsp3) is 0.600. The van der Waals surface area contributed by atoms with E-state index < -0.39 is 0 Å². The zero-order valence-electron chi connectivity index (χ0n) is 4.25. The minimum absolute atomic E-state index is 0.437. The van der Waals surface area contributed by atoms with Crippen molar-refractivity contribution in [2.24, 2.45) is 0 Å². The van der Waals surface area contributed by atoms with E-state index in [1.807, 2.05) is 0 Å². The second-order valence-corrected chi connectivity index (χ2v) is 3.45. The molecule has 0 aromatic rings. The minimum Gasteiger partial charge on any atom is -0.0877 e. The van der Waals surface area contributed by atoms with Crippen molar-refractivity contribution in [3.8, 4) is 0 Å². The van der Waals surface area contributed by atoms with Crippen LogP contribution in [-0.2, 0) is 0 Å². The molecule has 0 saturated carbocycles. The SMILES string of the molecule is C=C(Br)C(Br)CC. The fourth-order valence-electron chi connectivity index (χ4n) is 0.221. The Kier molecular flexibility index (Phi) is 4.04. The molecule has 0 heterocycles. The highest BCUT2D eigenvalue weighted by atomic mass is 79.9. The largest absolute Gasteiger partial charge is 0.0877 e. The lowest BCUT2D eigenvalue weighted by atomic mass is 10.3. The summed E-state index contributed by atoms with van der Waals surface area (Å²) in [5.74, 6) is 0. The first-order chi connectivity index (χ1) is 3.18. The lowest BCUT2D eigenvalue weighted by molar-refractivity contribution is 0.987. The van der Waals surface area contributed by atoms with Crippen LogP contribution in [0.4, 0.5) is 0 Å². The van der Waals surface area contributed by atoms with Crippen molar-refractivity contribution >= 4 is 31.9 Å². The van der Waals surface area contributed by atoms with Crippen molar-refractivity contribution < 1.29 is 0 Å². The highest BCUT2D eigenvalue weighted by Gasteiger charge is 1.99. The minimum atomic E-state index is 0.437. The molecule has 0 bridgehead atoms. The fourth-order valence-corrected chi connectivity index (χ4v) is 0.545. The van der Waals surface area contributed by atoms with Crippen molar-refractivity contribution in [1.82, 2.24) is 0 Å². The highest BCUT2D eigenvalue weighted by Crippen LogP contribution is 2.18. The summed E-state index contributed by atoms with van der Waals surface area (Å²) in [6.45, 7) is 5.80. The van der Waals surface area contributed by atoms with E-state index in [9.17, 15) is 0 Å². The zero-order valence-corrected chi connectivity index (χ0v) is 7.42. The van der Waals surface area contributed by atoms with Crippen LogP contribution in [0.2, 0.25) is 0 Å². The third kappa shape index (κ3) is 3.30. The Bertz CT molecular complexity index is 68.5. The van der Waals surface area contributed by atoms with Gasteiger partial charge in [-0.05, 0) is 6.42 Å². The first kappa shape index (κ1) is 7.70. The molecule has 0 amide bonds. The second-order valence-electron chi connectivity index (χ2n) is 1.32. The normalized spacial score (nSPS) is 13.6. The number of hydrogen-bond acceptors (Lipinski definition) is 0. The Hall–Kier alpha value is 0.700. The molecule has 0 fully saturated rings. The molecule has 0 radical (unpaired) electrons. The maximum Gasteiger partial charge on any atom is 0.0452 e. The monoisotopic (exact) mass is 226 g/mol. The first-order valence-corrected chi connectivity index (χ1v) is 3.87. The first-order valence-electron chi connectivity index (χ1n) is 2.16. The van der Waals surface area contributed by atoms with Gasteiger partial charge in [0.25, 0.3) is 0 Å². The summed E-state index contributed by atoms with van der Waals surface area (Å²) in [5, 5.41) is 0. The van der Waals surface area contributed by atoms with E-state index in [4.69, 9.17) is 0 Å². The molecule has 0 aliphatic heterocycles. The summed E-state index contributed by atoms with van der Waals surface area (Å²) in [6.07, 6.45) is 1.09. The van der Waals surface area contributed by atoms with Gasteiger partial charge in [-0.2, -0.15) is 0 Å². The van der Waals surface area contributed by atoms with Gasteiger partial charge in [0.05, 0.1) is 0 Å². The van der Waals surface area contributed by atoms with Gasteiger partial charge in [0, 0.05) is 9.31 Å². The van der Waals surface area contributed by atoms with Gasteiger partial charge in [0.15, 0.2) is 0 Å². The third-order valence-electron chi connectivity index (χ3n) is 0.698. The highest BCUT2D eigenvalue weighted by molar-refractivity contribution is 9.14. The molecule has 0 nitrogen and oxygen atoms in total. The van der Waals surface area contributed by atoms with Gasteiger partial charge in [0.2, 0.25) is 0 Å². The van der Waals surface area contributed by atoms with Crippen molar-refractivity contribution in [3.63, 3.8) is 0 Å². The van der Waals surface area contributed by atoms with Crippen LogP contribution in [0.5, 0.6) is 0 Å². The van der Waals surface area contributed by atoms with Gasteiger partial charge in [-0.1, -0.05) is 45.4 Å². The molecule has 0 N–H and O–H groups in total. The Labute approximate surface area is 61.2 Å². The molecular formula is C5H8Br2. The van der Waals surface area contributed by atoms with E-state index >= 15 is 0 Å². The van der Waals surface area contributed by atoms with E-state index in [1.165, 1.54) is 0 Å². The lowest BCUT2D eigenvalue weighted by Gasteiger charge is -1.99. The summed E-state index contributed by atoms with van der Waals surface area (Å²) in [5.41, 5.74) is 0. The van der Waals surface area contributed by atoms with Gasteiger partial charge in [-0.3, -0.25) is 0 Å². The van der Waals surface area contributed by atoms with Gasteiger partial charge >= 0.3 is 0 Å². The lowest BCUT2D eigenvalue weighted by Crippen LogP contribution is -1.90. The summed E-state index contributed by atoms with van der Waals surface area (Å²) < 4.78 is 1.02. The molecule has 1 atom stereocenters. The predicted molar refractivity (Wildman–Crippen MR) is 41.1 cm³/mol. The smallest absolute Gasteiger partial charge is 0.0452 e. The van der Waals surface area contributed by atoms with Crippen LogP contribution in [0.3, 0.4) is 0 Å². The topological polar surface area (TPSA) is 0 Å². The maximum atomic E-state index is 3.70. The van der Waals surface area contributed by atoms with Crippen LogP contribution in [-0.4, -0.2) is 4.83 Å². The van der Waals surface area contributed by atoms with E-state index in [1.54, 1.807) is 0 Å². The summed E-state index contributed by atoms with van der Waals surface area (Å²) in [4.78, 5) is 0.437. The second kappa shape index (κ2) is 3.67. The average molecular weight is 228 g/mol. The van der Waals surface area contributed by atoms with Gasteiger partial charge in [-0.25, -0.2) is 0 Å². The van der Waals surface area contributed by atoms with E-state index in [0.29, 0.717) is 4.83 Å². The average Bonchev–Trinajstić information content (AvgIpc) is 1.65. The van der Waals surface area contributed by atoms with Crippen LogP contribution in [0, 0.1) is 0 Å². The molecule has 42 valence electrons. The quantitative estimate of drug-likeness (QED) is 0.637. The number of halogens is 2. The van der Waals surface area contributed by atoms with Crippen molar-refractivity contribution in [2.75, 3.05) is 0 Å². The molecule has 0 aromatic heterocycles. The molecule has 0 saturated heterocycles. The van der Waals surface area contributed by atoms with Crippen LogP contribution in [0.25, 0.3) is 0 Å². The summed E-state index contributed by atoms with van der Waals surface area (Å²) in [6, 6.07) is 0. The van der Waals surface area contributed by atoms with Gasteiger partial charge < -0.3 is 0 Å². The number of allylic oxidation sites excluding steroid dienone is 1. The molecule has 7 heavy (non-hydrogen) atoms. The number of hydrogen-bond donors (Lipinski definition) is 0. The van der Waals surface area contributed by atoms with Crippen LogP contribution >= 0.6 is 31.9 Å². The maximum absolute atomic E-state index is 3.70. The van der Waals surface area contributed by atoms with Crippen LogP contribution < -0.4 is 0 Å². The Balaban J connectivity index is 3.34. The molecule has 1 unspecified atom stereocenters. The summed E-state index contributed by atoms with van der Waals surface area (Å²) in [7, 11) is 0. The zero-order chi connectivity index (χ0) is 5.86. The van der Waals surface area contributed by atoms with Gasteiger partial charge in [0.1, 0.15) is 0 Å². The molecule has 0 rings (SSSR count). The van der Waals surface area contributed by atoms with E-state index in [0.717, 1.165) is 10.9 Å². The van der Waals surface area contributed by atoms with E-state index in [2.05, 4.69) is 45.4 Å². The summed E-state index contributed by atoms with van der Waals surface area (Å²) >= 11 is 6.65. The van der Waals surface area contributed by atoms with Crippen molar-refractivity contribution in [2.45, 2.75) is 18.2 Å². The van der Waals surface area contributed by atoms with Crippen molar-refractivity contribution in [3.05, 3.63) is 11.1 Å². The predicted octanol–water partition coefficient (Wildman–Crippen LogP) is 3.07. The van der Waals surface area contributed by atoms with Crippen LogP contribution in [0.1, 0.15) is 13.3 Å². The number of alkyl halides is 1. The molecule has 0 aliphatic carbocycles. The van der Waals surface area contributed by atoms with Crippen LogP contribution in [0.15, 0.2) is 11.1 Å². The standard InChI is InChI=1S/C5H8Br2/c1-3-5(7)4(2)6/h5H,2-3H2,1H3. The molecular weight excluding hydrogens is 220 g/mol. The Morgan fingerprint density at radius 2 is 2.29 bits per heavy atom. The Morgan fingerprint density at radius 3 is 2.29 bits per heavy atom.